The first-order valence-corrected chi connectivity index (χ1v) is 17.4. The van der Waals surface area contributed by atoms with Crippen LogP contribution in [0.3, 0.4) is 0 Å². The molecule has 4 heteroatoms. The second-order valence-corrected chi connectivity index (χ2v) is 15.6. The van der Waals surface area contributed by atoms with Crippen LogP contribution in [0.25, 0.3) is 6.08 Å². The van der Waals surface area contributed by atoms with Gasteiger partial charge in [0, 0.05) is 38.1 Å². The van der Waals surface area contributed by atoms with Crippen LogP contribution in [0.5, 0.6) is 0 Å². The summed E-state index contributed by atoms with van der Waals surface area (Å²) in [5.74, 6) is 0. The van der Waals surface area contributed by atoms with Crippen LogP contribution in [0.1, 0.15) is 67.7 Å². The van der Waals surface area contributed by atoms with E-state index in [0.29, 0.717) is 0 Å². The molecule has 1 aliphatic carbocycles. The fourth-order valence-corrected chi connectivity index (χ4v) is 9.54. The molecule has 0 fully saturated rings. The van der Waals surface area contributed by atoms with Gasteiger partial charge in [-0.15, -0.1) is 11.3 Å². The molecule has 0 N–H and O–H groups in total. The summed E-state index contributed by atoms with van der Waals surface area (Å²) >= 11 is 1.95. The molecule has 3 aliphatic rings. The summed E-state index contributed by atoms with van der Waals surface area (Å²) in [6, 6.07) is 31.9. The molecule has 0 saturated carbocycles. The number of para-hydroxylation sites is 2. The third kappa shape index (κ3) is 4.16. The van der Waals surface area contributed by atoms with Crippen LogP contribution in [0.4, 0.5) is 34.1 Å². The van der Waals surface area contributed by atoms with E-state index in [4.69, 9.17) is 0 Å². The molecule has 46 heavy (non-hydrogen) atoms. The second kappa shape index (κ2) is 10.4. The Labute approximate surface area is 278 Å². The summed E-state index contributed by atoms with van der Waals surface area (Å²) in [5.41, 5.74) is 16.3. The van der Waals surface area contributed by atoms with Gasteiger partial charge in [0.15, 0.2) is 0 Å². The van der Waals surface area contributed by atoms with Crippen LogP contribution in [-0.4, -0.2) is 6.71 Å². The Hall–Kier alpha value is -4.28. The van der Waals surface area contributed by atoms with Crippen LogP contribution in [0, 0.1) is 13.8 Å². The first-order valence-electron chi connectivity index (χ1n) is 16.6. The largest absolute Gasteiger partial charge is 0.311 e. The number of fused-ring (bicyclic) bond motifs is 5. The molecule has 4 aromatic carbocycles. The van der Waals surface area contributed by atoms with Gasteiger partial charge in [-0.3, -0.25) is 0 Å². The normalized spacial score (nSPS) is 17.0. The van der Waals surface area contributed by atoms with Crippen molar-refractivity contribution in [3.8, 4) is 0 Å². The molecular formula is C42H41BN2S. The number of allylic oxidation sites excluding steroid dienone is 2. The minimum absolute atomic E-state index is 0.115. The maximum absolute atomic E-state index is 3.98. The van der Waals surface area contributed by atoms with Crippen LogP contribution in [-0.2, 0) is 10.8 Å². The SMILES string of the molecule is C=C/C=C\c1sc2c(c1C)N(c1ccccc1)c1cccc3c1B2c1cc2c(cc1N3c1ccccc1C)C(C)(C)CCC2(C)C. The minimum Gasteiger partial charge on any atom is -0.311 e. The molecule has 0 bridgehead atoms. The van der Waals surface area contributed by atoms with Gasteiger partial charge in [-0.2, -0.15) is 0 Å². The number of anilines is 6. The molecule has 8 rings (SSSR count). The predicted octanol–water partition coefficient (Wildman–Crippen LogP) is 10.00. The van der Waals surface area contributed by atoms with Gasteiger partial charge in [0.2, 0.25) is 0 Å². The molecule has 0 radical (unpaired) electrons. The van der Waals surface area contributed by atoms with Gasteiger partial charge in [0.25, 0.3) is 6.71 Å². The molecule has 2 nitrogen and oxygen atoms in total. The van der Waals surface area contributed by atoms with E-state index in [0.717, 1.165) is 0 Å². The van der Waals surface area contributed by atoms with Gasteiger partial charge in [-0.1, -0.05) is 95.0 Å². The number of thiophene rings is 1. The lowest BCUT2D eigenvalue weighted by atomic mass is 9.35. The number of hydrogen-bond donors (Lipinski definition) is 0. The minimum atomic E-state index is 0.115. The fraction of sp³-hybridized carbons (Fsp3) is 0.238. The summed E-state index contributed by atoms with van der Waals surface area (Å²) in [6.07, 6.45) is 8.58. The van der Waals surface area contributed by atoms with Crippen molar-refractivity contribution in [2.24, 2.45) is 0 Å². The summed E-state index contributed by atoms with van der Waals surface area (Å²) < 4.78 is 1.42. The van der Waals surface area contributed by atoms with Gasteiger partial charge < -0.3 is 9.80 Å². The quantitative estimate of drug-likeness (QED) is 0.143. The Morgan fingerprint density at radius 3 is 2.07 bits per heavy atom. The molecule has 3 heterocycles. The third-order valence-corrected chi connectivity index (χ3v) is 12.1. The topological polar surface area (TPSA) is 6.48 Å². The average Bonchev–Trinajstić information content (AvgIpc) is 3.38. The molecule has 0 spiro atoms. The Balaban J connectivity index is 1.51. The zero-order valence-corrected chi connectivity index (χ0v) is 28.6. The highest BCUT2D eigenvalue weighted by atomic mass is 32.1. The standard InChI is InChI=1S/C42H41BN2S/c1-8-9-22-37-28(3)39-40(46-37)43-32-25-30-31(42(6,7)24-23-41(30,4)5)26-36(32)45(33-19-14-13-16-27(33)2)35-21-15-20-34(38(35)43)44(39)29-17-11-10-12-18-29/h8-22,25-26H,1,23-24H2,2-7H3/b22-9-. The first kappa shape index (κ1) is 29.1. The lowest BCUT2D eigenvalue weighted by Gasteiger charge is -2.47. The lowest BCUT2D eigenvalue weighted by Crippen LogP contribution is -2.61. The van der Waals surface area contributed by atoms with Crippen LogP contribution in [0.15, 0.2) is 104 Å². The first-order chi connectivity index (χ1) is 22.1. The highest BCUT2D eigenvalue weighted by molar-refractivity contribution is 7.29. The van der Waals surface area contributed by atoms with Gasteiger partial charge in [0.05, 0.1) is 5.69 Å². The van der Waals surface area contributed by atoms with Crippen molar-refractivity contribution in [2.75, 3.05) is 9.80 Å². The summed E-state index contributed by atoms with van der Waals surface area (Å²) in [7, 11) is 0. The van der Waals surface area contributed by atoms with E-state index < -0.39 is 0 Å². The number of benzene rings is 4. The molecule has 0 amide bonds. The van der Waals surface area contributed by atoms with Crippen LogP contribution in [0.2, 0.25) is 0 Å². The van der Waals surface area contributed by atoms with Crippen molar-refractivity contribution in [2.45, 2.75) is 65.2 Å². The smallest absolute Gasteiger partial charge is 0.264 e. The van der Waals surface area contributed by atoms with Crippen molar-refractivity contribution < 1.29 is 0 Å². The fourth-order valence-electron chi connectivity index (χ4n) is 8.20. The van der Waals surface area contributed by atoms with E-state index >= 15 is 0 Å². The van der Waals surface area contributed by atoms with Crippen LogP contribution >= 0.6 is 11.3 Å². The number of aryl methyl sites for hydroxylation is 1. The van der Waals surface area contributed by atoms with Crippen LogP contribution < -0.4 is 25.5 Å². The Kier molecular flexibility index (Phi) is 6.57. The summed E-state index contributed by atoms with van der Waals surface area (Å²) in [4.78, 5) is 6.39. The molecule has 0 saturated heterocycles. The maximum Gasteiger partial charge on any atom is 0.264 e. The van der Waals surface area contributed by atoms with Gasteiger partial charge in [-0.05, 0) is 113 Å². The highest BCUT2D eigenvalue weighted by Gasteiger charge is 2.47. The third-order valence-electron chi connectivity index (χ3n) is 10.8. The van der Waals surface area contributed by atoms with E-state index in [1.165, 1.54) is 89.8 Å². The van der Waals surface area contributed by atoms with E-state index in [1.54, 1.807) is 0 Å². The summed E-state index contributed by atoms with van der Waals surface area (Å²) in [6.45, 7) is 18.4. The lowest BCUT2D eigenvalue weighted by molar-refractivity contribution is 0.332. The molecule has 2 aliphatic heterocycles. The molecule has 5 aromatic rings. The van der Waals surface area contributed by atoms with Gasteiger partial charge in [-0.25, -0.2) is 0 Å². The Bertz CT molecular complexity index is 2070. The monoisotopic (exact) mass is 616 g/mol. The van der Waals surface area contributed by atoms with E-state index in [-0.39, 0.29) is 17.5 Å². The van der Waals surface area contributed by atoms with Gasteiger partial charge >= 0.3 is 0 Å². The molecule has 0 unspecified atom stereocenters. The van der Waals surface area contributed by atoms with Crippen molar-refractivity contribution in [1.29, 1.82) is 0 Å². The average molecular weight is 617 g/mol. The van der Waals surface area contributed by atoms with Crippen molar-refractivity contribution in [1.82, 2.24) is 0 Å². The van der Waals surface area contributed by atoms with Crippen molar-refractivity contribution in [3.05, 3.63) is 131 Å². The molecule has 1 aromatic heterocycles. The van der Waals surface area contributed by atoms with Crippen molar-refractivity contribution >= 4 is 74.0 Å². The number of hydrogen-bond acceptors (Lipinski definition) is 3. The predicted molar refractivity (Wildman–Crippen MR) is 202 cm³/mol. The van der Waals surface area contributed by atoms with E-state index in [2.05, 4.69) is 155 Å². The second-order valence-electron chi connectivity index (χ2n) is 14.6. The zero-order chi connectivity index (χ0) is 32.0. The Morgan fingerprint density at radius 2 is 1.37 bits per heavy atom. The Morgan fingerprint density at radius 1 is 0.739 bits per heavy atom. The zero-order valence-electron chi connectivity index (χ0n) is 27.8. The van der Waals surface area contributed by atoms with Gasteiger partial charge in [0.1, 0.15) is 0 Å². The van der Waals surface area contributed by atoms with E-state index in [1.807, 2.05) is 17.4 Å². The molecule has 228 valence electrons. The maximum atomic E-state index is 3.98. The van der Waals surface area contributed by atoms with Crippen molar-refractivity contribution in [3.63, 3.8) is 0 Å². The summed E-state index contributed by atoms with van der Waals surface area (Å²) in [5, 5.41) is 0. The number of nitrogens with zero attached hydrogens (tertiary/aromatic N) is 2. The molecule has 0 atom stereocenters. The molecular weight excluding hydrogens is 575 g/mol. The van der Waals surface area contributed by atoms with E-state index in [9.17, 15) is 0 Å². The number of rotatable bonds is 4. The highest BCUT2D eigenvalue weighted by Crippen LogP contribution is 2.51.